The minimum atomic E-state index is 0.329. The quantitative estimate of drug-likeness (QED) is 0.568. The van der Waals surface area contributed by atoms with E-state index in [1.807, 2.05) is 6.20 Å². The van der Waals surface area contributed by atoms with Crippen LogP contribution in [-0.2, 0) is 0 Å². The summed E-state index contributed by atoms with van der Waals surface area (Å²) in [6.07, 6.45) is 3.99. The summed E-state index contributed by atoms with van der Waals surface area (Å²) in [5, 5.41) is 9.77. The molecule has 2 aromatic carbocycles. The molecule has 0 spiro atoms. The third-order valence-corrected chi connectivity index (χ3v) is 5.68. The largest absolute Gasteiger partial charge is 0.371 e. The van der Waals surface area contributed by atoms with E-state index in [1.165, 1.54) is 27.6 Å². The van der Waals surface area contributed by atoms with E-state index in [-0.39, 0.29) is 0 Å². The van der Waals surface area contributed by atoms with Gasteiger partial charge in [-0.25, -0.2) is 0 Å². The highest BCUT2D eigenvalue weighted by atomic mass is 15.1. The molecule has 4 aromatic rings. The molecule has 0 unspecified atom stereocenters. The molecule has 136 valence electrons. The second-order valence-electron chi connectivity index (χ2n) is 7.47. The molecule has 0 radical (unpaired) electrons. The molecule has 0 aliphatic carbocycles. The minimum absolute atomic E-state index is 0.329. The number of rotatable bonds is 2. The standard InChI is InChI=1S/C22H23N5/c1-14-18-12-15(3-5-21(18)26-25-14)16-2-4-20-19(13-16)22(6-9-24-20)27-10-7-17(23)8-11-27/h2-6,9,12-13,17H,7-8,10-11,23H2,1H3,(H,25,26). The molecule has 3 N–H and O–H groups in total. The van der Waals surface area contributed by atoms with E-state index in [9.17, 15) is 0 Å². The van der Waals surface area contributed by atoms with E-state index >= 15 is 0 Å². The Morgan fingerprint density at radius 3 is 2.44 bits per heavy atom. The normalized spacial score (nSPS) is 15.7. The fourth-order valence-corrected chi connectivity index (χ4v) is 4.05. The maximum atomic E-state index is 6.09. The number of nitrogens with one attached hydrogen (secondary N) is 1. The number of benzene rings is 2. The molecule has 1 aliphatic heterocycles. The minimum Gasteiger partial charge on any atom is -0.371 e. The van der Waals surface area contributed by atoms with Crippen molar-refractivity contribution in [2.75, 3.05) is 18.0 Å². The summed E-state index contributed by atoms with van der Waals surface area (Å²) >= 11 is 0. The summed E-state index contributed by atoms with van der Waals surface area (Å²) < 4.78 is 0. The Labute approximate surface area is 158 Å². The summed E-state index contributed by atoms with van der Waals surface area (Å²) in [5.74, 6) is 0. The lowest BCUT2D eigenvalue weighted by Crippen LogP contribution is -2.39. The maximum Gasteiger partial charge on any atom is 0.0924 e. The van der Waals surface area contributed by atoms with Gasteiger partial charge in [-0.15, -0.1) is 0 Å². The number of nitrogens with two attached hydrogens (primary N) is 1. The van der Waals surface area contributed by atoms with Crippen LogP contribution in [0.15, 0.2) is 48.7 Å². The predicted octanol–water partition coefficient (Wildman–Crippen LogP) is 4.01. The lowest BCUT2D eigenvalue weighted by molar-refractivity contribution is 0.502. The van der Waals surface area contributed by atoms with Crippen molar-refractivity contribution in [1.82, 2.24) is 15.2 Å². The van der Waals surface area contributed by atoms with Crippen LogP contribution in [0.5, 0.6) is 0 Å². The number of aromatic nitrogens is 3. The summed E-state index contributed by atoms with van der Waals surface area (Å²) in [5.41, 5.74) is 12.9. The zero-order valence-corrected chi connectivity index (χ0v) is 15.4. The fourth-order valence-electron chi connectivity index (χ4n) is 4.05. The molecule has 0 amide bonds. The van der Waals surface area contributed by atoms with Crippen LogP contribution in [-0.4, -0.2) is 34.3 Å². The lowest BCUT2D eigenvalue weighted by Gasteiger charge is -2.32. The monoisotopic (exact) mass is 357 g/mol. The maximum absolute atomic E-state index is 6.09. The fraction of sp³-hybridized carbons (Fsp3) is 0.273. The number of fused-ring (bicyclic) bond motifs is 2. The number of hydrogen-bond acceptors (Lipinski definition) is 4. The van der Waals surface area contributed by atoms with E-state index in [1.54, 1.807) is 0 Å². The molecule has 5 heteroatoms. The van der Waals surface area contributed by atoms with E-state index in [0.29, 0.717) is 6.04 Å². The van der Waals surface area contributed by atoms with Gasteiger partial charge in [0.15, 0.2) is 0 Å². The van der Waals surface area contributed by atoms with Crippen molar-refractivity contribution < 1.29 is 0 Å². The Morgan fingerprint density at radius 2 is 1.67 bits per heavy atom. The van der Waals surface area contributed by atoms with Crippen molar-refractivity contribution >= 4 is 27.5 Å². The molecular weight excluding hydrogens is 334 g/mol. The van der Waals surface area contributed by atoms with E-state index in [2.05, 4.69) is 69.5 Å². The van der Waals surface area contributed by atoms with E-state index in [0.717, 1.165) is 42.7 Å². The SMILES string of the molecule is Cc1[nH]nc2ccc(-c3ccc4nccc(N5CCC(N)CC5)c4c3)cc12. The Morgan fingerprint density at radius 1 is 0.963 bits per heavy atom. The van der Waals surface area contributed by atoms with Gasteiger partial charge >= 0.3 is 0 Å². The van der Waals surface area contributed by atoms with Gasteiger partial charge in [-0.1, -0.05) is 12.1 Å². The second kappa shape index (κ2) is 6.35. The number of piperidine rings is 1. The van der Waals surface area contributed by atoms with Gasteiger partial charge < -0.3 is 10.6 Å². The highest BCUT2D eigenvalue weighted by molar-refractivity contribution is 5.96. The van der Waals surface area contributed by atoms with Crippen molar-refractivity contribution in [3.05, 3.63) is 54.4 Å². The van der Waals surface area contributed by atoms with Gasteiger partial charge in [0.2, 0.25) is 0 Å². The zero-order valence-electron chi connectivity index (χ0n) is 15.4. The van der Waals surface area contributed by atoms with Gasteiger partial charge in [-0.05, 0) is 61.2 Å². The van der Waals surface area contributed by atoms with E-state index in [4.69, 9.17) is 5.73 Å². The Bertz CT molecular complexity index is 1120. The molecule has 1 aliphatic rings. The average Bonchev–Trinajstić information content (AvgIpc) is 3.08. The van der Waals surface area contributed by atoms with Crippen molar-refractivity contribution in [2.45, 2.75) is 25.8 Å². The number of H-pyrrole nitrogens is 1. The molecule has 1 fully saturated rings. The van der Waals surface area contributed by atoms with Crippen molar-refractivity contribution in [3.8, 4) is 11.1 Å². The predicted molar refractivity (Wildman–Crippen MR) is 111 cm³/mol. The molecular formula is C22H23N5. The summed E-state index contributed by atoms with van der Waals surface area (Å²) in [7, 11) is 0. The average molecular weight is 357 g/mol. The molecule has 5 nitrogen and oxygen atoms in total. The van der Waals surface area contributed by atoms with Crippen LogP contribution in [0.4, 0.5) is 5.69 Å². The molecule has 27 heavy (non-hydrogen) atoms. The molecule has 5 rings (SSSR count). The molecule has 3 heterocycles. The molecule has 0 saturated carbocycles. The Balaban J connectivity index is 1.61. The lowest BCUT2D eigenvalue weighted by atomic mass is 9.99. The van der Waals surface area contributed by atoms with Gasteiger partial charge in [-0.2, -0.15) is 5.10 Å². The summed E-state index contributed by atoms with van der Waals surface area (Å²) in [6.45, 7) is 4.07. The van der Waals surface area contributed by atoms with Crippen molar-refractivity contribution in [1.29, 1.82) is 0 Å². The Kier molecular flexibility index (Phi) is 3.83. The first-order valence-corrected chi connectivity index (χ1v) is 9.53. The third kappa shape index (κ3) is 2.84. The van der Waals surface area contributed by atoms with Crippen LogP contribution in [0.2, 0.25) is 0 Å². The van der Waals surface area contributed by atoms with Gasteiger partial charge in [0.25, 0.3) is 0 Å². The van der Waals surface area contributed by atoms with Crippen LogP contribution in [0.25, 0.3) is 32.9 Å². The van der Waals surface area contributed by atoms with Gasteiger partial charge in [0.1, 0.15) is 0 Å². The highest BCUT2D eigenvalue weighted by Gasteiger charge is 2.18. The summed E-state index contributed by atoms with van der Waals surface area (Å²) in [6, 6.07) is 15.4. The van der Waals surface area contributed by atoms with Gasteiger partial charge in [0, 0.05) is 47.5 Å². The number of anilines is 1. The number of pyridine rings is 1. The second-order valence-corrected chi connectivity index (χ2v) is 7.47. The molecule has 0 atom stereocenters. The number of aromatic amines is 1. The first kappa shape index (κ1) is 16.3. The van der Waals surface area contributed by atoms with Gasteiger partial charge in [-0.3, -0.25) is 10.1 Å². The first-order valence-electron chi connectivity index (χ1n) is 9.53. The number of aryl methyl sites for hydroxylation is 1. The van der Waals surface area contributed by atoms with Crippen molar-refractivity contribution in [3.63, 3.8) is 0 Å². The third-order valence-electron chi connectivity index (χ3n) is 5.68. The van der Waals surface area contributed by atoms with E-state index < -0.39 is 0 Å². The number of nitrogens with zero attached hydrogens (tertiary/aromatic N) is 3. The molecule has 1 saturated heterocycles. The van der Waals surface area contributed by atoms with Crippen molar-refractivity contribution in [2.24, 2.45) is 5.73 Å². The topological polar surface area (TPSA) is 70.8 Å². The number of hydrogen-bond donors (Lipinski definition) is 2. The smallest absolute Gasteiger partial charge is 0.0924 e. The van der Waals surface area contributed by atoms with Crippen LogP contribution in [0.3, 0.4) is 0 Å². The molecule has 2 aromatic heterocycles. The van der Waals surface area contributed by atoms with Crippen LogP contribution in [0, 0.1) is 6.92 Å². The first-order chi connectivity index (χ1) is 13.2. The van der Waals surface area contributed by atoms with Crippen LogP contribution in [0.1, 0.15) is 18.5 Å². The molecule has 0 bridgehead atoms. The van der Waals surface area contributed by atoms with Gasteiger partial charge in [0.05, 0.1) is 11.0 Å². The highest BCUT2D eigenvalue weighted by Crippen LogP contribution is 2.32. The van der Waals surface area contributed by atoms with Crippen LogP contribution >= 0.6 is 0 Å². The van der Waals surface area contributed by atoms with Crippen LogP contribution < -0.4 is 10.6 Å². The summed E-state index contributed by atoms with van der Waals surface area (Å²) in [4.78, 5) is 7.02. The zero-order chi connectivity index (χ0) is 18.4. The Hall–Kier alpha value is -2.92.